The van der Waals surface area contributed by atoms with Crippen LogP contribution in [0.2, 0.25) is 0 Å². The van der Waals surface area contributed by atoms with Crippen molar-refractivity contribution < 1.29 is 28.8 Å². The Bertz CT molecular complexity index is 1630. The maximum atomic E-state index is 14.5. The second-order valence-corrected chi connectivity index (χ2v) is 14.8. The van der Waals surface area contributed by atoms with Crippen LogP contribution in [0.15, 0.2) is 91.0 Å². The molecule has 7 rings (SSSR count). The van der Waals surface area contributed by atoms with Crippen LogP contribution in [-0.4, -0.2) is 122 Å². The van der Waals surface area contributed by atoms with Crippen molar-refractivity contribution in [3.8, 4) is 0 Å². The van der Waals surface area contributed by atoms with Gasteiger partial charge in [-0.25, -0.2) is 0 Å². The van der Waals surface area contributed by atoms with E-state index in [-0.39, 0.29) is 74.7 Å². The highest BCUT2D eigenvalue weighted by Gasteiger charge is 2.43. The first-order valence-electron chi connectivity index (χ1n) is 19.1. The molecule has 4 aliphatic heterocycles. The van der Waals surface area contributed by atoms with Crippen LogP contribution in [0.4, 0.5) is 0 Å². The topological polar surface area (TPSA) is 122 Å². The van der Waals surface area contributed by atoms with Gasteiger partial charge in [-0.15, -0.1) is 0 Å². The maximum Gasteiger partial charge on any atom is 0.246 e. The SMILES string of the molecule is O=C1[C@@H]2CCCN2C(=O)CN(Cc2ccccc2)C(=O)[C@@H]2CCCN2C(=O)CN(Cc2ccccc2)C(=O)[C@@H]2CCCN2C(=O)CN1Cc1ccccc1. The van der Waals surface area contributed by atoms with E-state index in [1.54, 1.807) is 14.7 Å². The fraction of sp³-hybridized carbons (Fsp3) is 0.429. The number of hydrogen-bond donors (Lipinski definition) is 0. The molecule has 4 saturated heterocycles. The molecule has 0 radical (unpaired) electrons. The van der Waals surface area contributed by atoms with Crippen LogP contribution in [0.5, 0.6) is 0 Å². The molecule has 12 heteroatoms. The minimum absolute atomic E-state index is 0.154. The van der Waals surface area contributed by atoms with Crippen LogP contribution < -0.4 is 0 Å². The van der Waals surface area contributed by atoms with Crippen molar-refractivity contribution in [3.63, 3.8) is 0 Å². The number of nitrogens with zero attached hydrogens (tertiary/aromatic N) is 6. The highest BCUT2D eigenvalue weighted by molar-refractivity contribution is 5.96. The van der Waals surface area contributed by atoms with Gasteiger partial charge in [0.1, 0.15) is 37.8 Å². The molecule has 3 atom stereocenters. The predicted octanol–water partition coefficient (Wildman–Crippen LogP) is 3.06. The summed E-state index contributed by atoms with van der Waals surface area (Å²) in [5.41, 5.74) is 2.50. The lowest BCUT2D eigenvalue weighted by Gasteiger charge is -2.36. The van der Waals surface area contributed by atoms with E-state index in [0.717, 1.165) is 16.7 Å². The van der Waals surface area contributed by atoms with Crippen LogP contribution in [-0.2, 0) is 48.4 Å². The molecule has 0 N–H and O–H groups in total. The number of hydrogen-bond acceptors (Lipinski definition) is 6. The second-order valence-electron chi connectivity index (χ2n) is 14.8. The number of amides is 6. The van der Waals surface area contributed by atoms with Gasteiger partial charge < -0.3 is 29.4 Å². The Morgan fingerprint density at radius 3 is 0.907 bits per heavy atom. The molecule has 4 heterocycles. The number of rotatable bonds is 6. The Kier molecular flexibility index (Phi) is 11.4. The molecule has 282 valence electrons. The lowest BCUT2D eigenvalue weighted by Crippen LogP contribution is -2.56. The molecule has 54 heavy (non-hydrogen) atoms. The monoisotopic (exact) mass is 732 g/mol. The number of fused-ring (bicyclic) bond motifs is 3. The minimum Gasteiger partial charge on any atom is -0.329 e. The van der Waals surface area contributed by atoms with Gasteiger partial charge in [0.15, 0.2) is 0 Å². The Labute approximate surface area is 316 Å². The molecule has 0 bridgehead atoms. The summed E-state index contributed by atoms with van der Waals surface area (Å²) in [4.78, 5) is 95.4. The highest BCUT2D eigenvalue weighted by atomic mass is 16.2. The summed E-state index contributed by atoms with van der Waals surface area (Å²) in [6.45, 7) is 0.728. The van der Waals surface area contributed by atoms with Crippen LogP contribution >= 0.6 is 0 Å². The van der Waals surface area contributed by atoms with Gasteiger partial charge in [-0.2, -0.15) is 0 Å². The Hall–Kier alpha value is -5.52. The lowest BCUT2D eigenvalue weighted by atomic mass is 10.1. The molecule has 0 saturated carbocycles. The van der Waals surface area contributed by atoms with Crippen LogP contribution in [0.1, 0.15) is 55.2 Å². The van der Waals surface area contributed by atoms with Gasteiger partial charge in [0.25, 0.3) is 0 Å². The van der Waals surface area contributed by atoms with Gasteiger partial charge in [0.05, 0.1) is 0 Å². The largest absolute Gasteiger partial charge is 0.329 e. The molecule has 4 fully saturated rings. The van der Waals surface area contributed by atoms with Gasteiger partial charge in [0, 0.05) is 39.3 Å². The smallest absolute Gasteiger partial charge is 0.246 e. The predicted molar refractivity (Wildman–Crippen MR) is 200 cm³/mol. The van der Waals surface area contributed by atoms with Crippen molar-refractivity contribution in [1.29, 1.82) is 0 Å². The van der Waals surface area contributed by atoms with Crippen LogP contribution in [0.25, 0.3) is 0 Å². The van der Waals surface area contributed by atoms with E-state index in [9.17, 15) is 28.8 Å². The first-order chi connectivity index (χ1) is 26.3. The van der Waals surface area contributed by atoms with E-state index in [4.69, 9.17) is 0 Å². The molecular formula is C42H48N6O6. The molecule has 0 aromatic heterocycles. The summed E-state index contributed by atoms with van der Waals surface area (Å²) in [6, 6.07) is 25.8. The summed E-state index contributed by atoms with van der Waals surface area (Å²) in [5, 5.41) is 0. The van der Waals surface area contributed by atoms with Crippen LogP contribution in [0, 0.1) is 0 Å². The molecule has 3 aromatic carbocycles. The van der Waals surface area contributed by atoms with Crippen LogP contribution in [0.3, 0.4) is 0 Å². The first kappa shape index (κ1) is 36.8. The van der Waals surface area contributed by atoms with Crippen molar-refractivity contribution in [2.24, 2.45) is 0 Å². The van der Waals surface area contributed by atoms with E-state index in [2.05, 4.69) is 0 Å². The van der Waals surface area contributed by atoms with Gasteiger partial charge in [-0.05, 0) is 55.2 Å². The molecular weight excluding hydrogens is 684 g/mol. The third-order valence-corrected chi connectivity index (χ3v) is 11.1. The van der Waals surface area contributed by atoms with Gasteiger partial charge in [-0.1, -0.05) is 91.0 Å². The van der Waals surface area contributed by atoms with E-state index in [1.807, 2.05) is 91.0 Å². The zero-order valence-corrected chi connectivity index (χ0v) is 30.6. The molecule has 0 spiro atoms. The fourth-order valence-electron chi connectivity index (χ4n) is 8.41. The van der Waals surface area contributed by atoms with Gasteiger partial charge in [0.2, 0.25) is 35.4 Å². The summed E-state index contributed by atoms with van der Waals surface area (Å²) in [5.74, 6) is -2.05. The number of carbonyl (C=O) groups is 6. The van der Waals surface area contributed by atoms with E-state index in [1.165, 1.54) is 14.7 Å². The average molecular weight is 733 g/mol. The highest BCUT2D eigenvalue weighted by Crippen LogP contribution is 2.27. The molecule has 6 amide bonds. The molecule has 0 unspecified atom stereocenters. The normalized spacial score (nSPS) is 23.4. The van der Waals surface area contributed by atoms with Crippen molar-refractivity contribution in [2.75, 3.05) is 39.3 Å². The van der Waals surface area contributed by atoms with Crippen molar-refractivity contribution in [2.45, 2.75) is 76.3 Å². The summed E-state index contributed by atoms with van der Waals surface area (Å²) < 4.78 is 0. The van der Waals surface area contributed by atoms with Crippen molar-refractivity contribution in [3.05, 3.63) is 108 Å². The second kappa shape index (κ2) is 16.7. The quantitative estimate of drug-likeness (QED) is 0.385. The van der Waals surface area contributed by atoms with Gasteiger partial charge in [-0.3, -0.25) is 28.8 Å². The third-order valence-electron chi connectivity index (χ3n) is 11.1. The number of carbonyl (C=O) groups excluding carboxylic acids is 6. The number of benzene rings is 3. The van der Waals surface area contributed by atoms with Crippen molar-refractivity contribution >= 4 is 35.4 Å². The zero-order valence-electron chi connectivity index (χ0n) is 30.6. The third kappa shape index (κ3) is 8.17. The zero-order chi connectivity index (χ0) is 37.6. The summed E-state index contributed by atoms with van der Waals surface area (Å²) in [6.07, 6.45) is 3.11. The first-order valence-corrected chi connectivity index (χ1v) is 19.1. The Morgan fingerprint density at radius 2 is 0.648 bits per heavy atom. The van der Waals surface area contributed by atoms with E-state index < -0.39 is 18.1 Å². The van der Waals surface area contributed by atoms with E-state index >= 15 is 0 Å². The molecule has 3 aromatic rings. The van der Waals surface area contributed by atoms with Crippen molar-refractivity contribution in [1.82, 2.24) is 29.4 Å². The Balaban J connectivity index is 1.26. The summed E-state index contributed by atoms with van der Waals surface area (Å²) in [7, 11) is 0. The standard InChI is InChI=1S/C42H48N6O6/c49-37-28-43(25-31-13-4-1-5-14-31)40(52)34-19-10-22-46(34)38(50)29-44(26-32-15-6-2-7-16-32)42(54)36-21-12-24-48(36)39(51)30-45(27-33-17-8-3-9-18-33)41(53)35-20-11-23-47(35)37/h1-9,13-18,34-36H,10-12,19-30H2/t34-,35-,36-/m0/s1. The maximum absolute atomic E-state index is 14.5. The van der Waals surface area contributed by atoms with E-state index in [0.29, 0.717) is 58.2 Å². The minimum atomic E-state index is -0.802. The average Bonchev–Trinajstić information content (AvgIpc) is 3.99. The lowest BCUT2D eigenvalue weighted by molar-refractivity contribution is -0.154. The summed E-state index contributed by atoms with van der Waals surface area (Å²) >= 11 is 0. The molecule has 12 nitrogen and oxygen atoms in total. The fourth-order valence-corrected chi connectivity index (χ4v) is 8.41. The Morgan fingerprint density at radius 1 is 0.389 bits per heavy atom. The molecule has 0 aliphatic carbocycles. The van der Waals surface area contributed by atoms with Gasteiger partial charge >= 0.3 is 0 Å². The molecule has 4 aliphatic rings.